The molecule has 1 heterocycles. The van der Waals surface area contributed by atoms with Gasteiger partial charge in [-0.2, -0.15) is 0 Å². The first-order valence-corrected chi connectivity index (χ1v) is 5.92. The number of Topliss-reactive ketones (excluding diaryl/α,β-unsaturated/α-hetero) is 1. The van der Waals surface area contributed by atoms with E-state index in [1.165, 1.54) is 42.5 Å². The minimum absolute atomic E-state index is 0.118. The van der Waals surface area contributed by atoms with E-state index in [0.29, 0.717) is 5.69 Å². The number of hydrogen-bond donors (Lipinski definition) is 0. The summed E-state index contributed by atoms with van der Waals surface area (Å²) in [6.07, 6.45) is 4.41. The fraction of sp³-hybridized carbons (Fsp3) is 0.0833. The molecule has 2 aromatic rings. The lowest BCUT2D eigenvalue weighted by Gasteiger charge is -2.00. The normalized spacial score (nSPS) is 10.2. The van der Waals surface area contributed by atoms with E-state index in [2.05, 4.69) is 9.97 Å². The average molecular weight is 248 g/mol. The lowest BCUT2D eigenvalue weighted by Crippen LogP contribution is -2.05. The van der Waals surface area contributed by atoms with Crippen LogP contribution < -0.4 is 0 Å². The third kappa shape index (κ3) is 3.35. The Hall–Kier alpha value is -1.75. The fourth-order valence-corrected chi connectivity index (χ4v) is 2.04. The van der Waals surface area contributed by atoms with Crippen LogP contribution in [0.3, 0.4) is 0 Å². The molecule has 0 saturated heterocycles. The average Bonchev–Trinajstić information content (AvgIpc) is 2.37. The number of halogens is 1. The Kier molecular flexibility index (Phi) is 3.82. The molecule has 3 nitrogen and oxygen atoms in total. The Morgan fingerprint density at radius 2 is 2.24 bits per heavy atom. The molecule has 86 valence electrons. The van der Waals surface area contributed by atoms with Gasteiger partial charge in [-0.05, 0) is 18.2 Å². The topological polar surface area (TPSA) is 42.9 Å². The molecule has 0 unspecified atom stereocenters. The van der Waals surface area contributed by atoms with E-state index in [4.69, 9.17) is 0 Å². The third-order valence-electron chi connectivity index (χ3n) is 2.01. The highest BCUT2D eigenvalue weighted by molar-refractivity contribution is 8.00. The second-order valence-electron chi connectivity index (χ2n) is 3.26. The van der Waals surface area contributed by atoms with Crippen LogP contribution in [0.5, 0.6) is 0 Å². The summed E-state index contributed by atoms with van der Waals surface area (Å²) in [6, 6.07) is 6.14. The predicted molar refractivity (Wildman–Crippen MR) is 63.5 cm³/mol. The molecular weight excluding hydrogens is 239 g/mol. The first-order chi connectivity index (χ1) is 8.25. The van der Waals surface area contributed by atoms with Crippen LogP contribution in [0.2, 0.25) is 0 Å². The molecule has 1 aromatic carbocycles. The number of carbonyl (C=O) groups excluding carboxylic acids is 1. The van der Waals surface area contributed by atoms with Crippen molar-refractivity contribution < 1.29 is 9.18 Å². The molecule has 0 atom stereocenters. The Balaban J connectivity index is 1.97. The van der Waals surface area contributed by atoms with Gasteiger partial charge in [0.2, 0.25) is 0 Å². The van der Waals surface area contributed by atoms with Crippen molar-refractivity contribution in [1.82, 2.24) is 9.97 Å². The number of carbonyl (C=O) groups is 1. The van der Waals surface area contributed by atoms with E-state index in [0.717, 1.165) is 4.90 Å². The number of hydrogen-bond acceptors (Lipinski definition) is 4. The van der Waals surface area contributed by atoms with Gasteiger partial charge in [-0.1, -0.05) is 6.07 Å². The lowest BCUT2D eigenvalue weighted by molar-refractivity contribution is 0.101. The monoisotopic (exact) mass is 248 g/mol. The number of rotatable bonds is 4. The zero-order valence-electron chi connectivity index (χ0n) is 8.84. The van der Waals surface area contributed by atoms with Crippen molar-refractivity contribution in [1.29, 1.82) is 0 Å². The summed E-state index contributed by atoms with van der Waals surface area (Å²) < 4.78 is 12.9. The summed E-state index contributed by atoms with van der Waals surface area (Å²) in [7, 11) is 0. The zero-order chi connectivity index (χ0) is 12.1. The van der Waals surface area contributed by atoms with Crippen molar-refractivity contribution >= 4 is 17.5 Å². The van der Waals surface area contributed by atoms with Crippen LogP contribution in [-0.2, 0) is 0 Å². The van der Waals surface area contributed by atoms with E-state index in [1.807, 2.05) is 0 Å². The number of nitrogens with zero attached hydrogens (tertiary/aromatic N) is 2. The molecule has 5 heteroatoms. The second kappa shape index (κ2) is 5.54. The molecule has 0 fully saturated rings. The van der Waals surface area contributed by atoms with Crippen LogP contribution in [0.25, 0.3) is 0 Å². The molecule has 0 N–H and O–H groups in total. The molecule has 1 aromatic heterocycles. The molecule has 0 aliphatic rings. The standard InChI is InChI=1S/C12H9FN2OS/c13-9-2-1-3-10(6-9)17-8-12(16)11-7-14-4-5-15-11/h1-7H,8H2. The summed E-state index contributed by atoms with van der Waals surface area (Å²) in [5, 5.41) is 0. The van der Waals surface area contributed by atoms with E-state index >= 15 is 0 Å². The molecule has 0 radical (unpaired) electrons. The van der Waals surface area contributed by atoms with Crippen molar-refractivity contribution in [2.24, 2.45) is 0 Å². The van der Waals surface area contributed by atoms with Crippen molar-refractivity contribution in [3.8, 4) is 0 Å². The first-order valence-electron chi connectivity index (χ1n) is 4.93. The van der Waals surface area contributed by atoms with E-state index in [9.17, 15) is 9.18 Å². The molecule has 2 rings (SSSR count). The molecule has 0 aliphatic heterocycles. The van der Waals surface area contributed by atoms with Gasteiger partial charge in [0.05, 0.1) is 11.9 Å². The smallest absolute Gasteiger partial charge is 0.192 e. The Morgan fingerprint density at radius 3 is 2.94 bits per heavy atom. The molecule has 0 amide bonds. The van der Waals surface area contributed by atoms with Crippen molar-refractivity contribution in [2.45, 2.75) is 4.90 Å². The highest BCUT2D eigenvalue weighted by atomic mass is 32.2. The van der Waals surface area contributed by atoms with Gasteiger partial charge < -0.3 is 0 Å². The Bertz CT molecular complexity index is 519. The maximum absolute atomic E-state index is 12.9. The highest BCUT2D eigenvalue weighted by Gasteiger charge is 2.08. The van der Waals surface area contributed by atoms with E-state index in [-0.39, 0.29) is 17.4 Å². The predicted octanol–water partition coefficient (Wildman–Crippen LogP) is 2.59. The van der Waals surface area contributed by atoms with Gasteiger partial charge in [-0.3, -0.25) is 9.78 Å². The maximum Gasteiger partial charge on any atom is 0.192 e. The third-order valence-corrected chi connectivity index (χ3v) is 3.01. The van der Waals surface area contributed by atoms with Gasteiger partial charge in [0, 0.05) is 17.3 Å². The highest BCUT2D eigenvalue weighted by Crippen LogP contribution is 2.19. The maximum atomic E-state index is 12.9. The zero-order valence-corrected chi connectivity index (χ0v) is 9.65. The molecular formula is C12H9FN2OS. The van der Waals surface area contributed by atoms with Crippen LogP contribution in [0.1, 0.15) is 10.5 Å². The van der Waals surface area contributed by atoms with Gasteiger partial charge in [0.15, 0.2) is 5.78 Å². The minimum Gasteiger partial charge on any atom is -0.291 e. The van der Waals surface area contributed by atoms with Gasteiger partial charge >= 0.3 is 0 Å². The Morgan fingerprint density at radius 1 is 1.35 bits per heavy atom. The van der Waals surface area contributed by atoms with Gasteiger partial charge in [-0.15, -0.1) is 11.8 Å². The summed E-state index contributed by atoms with van der Waals surface area (Å²) in [4.78, 5) is 20.1. The van der Waals surface area contributed by atoms with Crippen molar-refractivity contribution in [3.63, 3.8) is 0 Å². The number of benzene rings is 1. The Labute approximate surface area is 102 Å². The van der Waals surface area contributed by atoms with Crippen LogP contribution in [0, 0.1) is 5.82 Å². The van der Waals surface area contributed by atoms with Crippen LogP contribution >= 0.6 is 11.8 Å². The molecule has 0 spiro atoms. The molecule has 0 aliphatic carbocycles. The van der Waals surface area contributed by atoms with Gasteiger partial charge in [0.1, 0.15) is 11.5 Å². The van der Waals surface area contributed by atoms with Crippen LogP contribution in [0.4, 0.5) is 4.39 Å². The van der Waals surface area contributed by atoms with E-state index < -0.39 is 0 Å². The van der Waals surface area contributed by atoms with Crippen LogP contribution in [-0.4, -0.2) is 21.5 Å². The second-order valence-corrected chi connectivity index (χ2v) is 4.31. The number of thioether (sulfide) groups is 1. The van der Waals surface area contributed by atoms with Crippen molar-refractivity contribution in [2.75, 3.05) is 5.75 Å². The molecule has 0 bridgehead atoms. The SMILES string of the molecule is O=C(CSc1cccc(F)c1)c1cnccn1. The van der Waals surface area contributed by atoms with Crippen molar-refractivity contribution in [3.05, 3.63) is 54.4 Å². The molecule has 0 saturated carbocycles. The minimum atomic E-state index is -0.304. The summed E-state index contributed by atoms with van der Waals surface area (Å²) >= 11 is 1.28. The fourth-order valence-electron chi connectivity index (χ4n) is 1.22. The summed E-state index contributed by atoms with van der Waals surface area (Å²) in [6.45, 7) is 0. The molecule has 17 heavy (non-hydrogen) atoms. The number of ketones is 1. The quantitative estimate of drug-likeness (QED) is 0.616. The number of aromatic nitrogens is 2. The summed E-state index contributed by atoms with van der Waals surface area (Å²) in [5.41, 5.74) is 0.330. The lowest BCUT2D eigenvalue weighted by atomic mass is 10.3. The first kappa shape index (κ1) is 11.7. The van der Waals surface area contributed by atoms with Crippen LogP contribution in [0.15, 0.2) is 47.8 Å². The van der Waals surface area contributed by atoms with Gasteiger partial charge in [0.25, 0.3) is 0 Å². The van der Waals surface area contributed by atoms with Gasteiger partial charge in [-0.25, -0.2) is 9.37 Å². The largest absolute Gasteiger partial charge is 0.291 e. The summed E-state index contributed by atoms with van der Waals surface area (Å²) in [5.74, 6) is -0.198. The van der Waals surface area contributed by atoms with E-state index in [1.54, 1.807) is 12.1 Å².